The minimum absolute atomic E-state index is 0.227. The molecule has 2 heterocycles. The second kappa shape index (κ2) is 5.67. The maximum Gasteiger partial charge on any atom is 0.128 e. The van der Waals surface area contributed by atoms with Gasteiger partial charge in [0.1, 0.15) is 5.82 Å². The van der Waals surface area contributed by atoms with Crippen molar-refractivity contribution in [2.45, 2.75) is 32.4 Å². The SMILES string of the molecule is CNC(C)c1ccnc(N2CCC(C(C)O)C2)c1. The summed E-state index contributed by atoms with van der Waals surface area (Å²) in [5, 5.41) is 12.9. The van der Waals surface area contributed by atoms with Gasteiger partial charge in [0.05, 0.1) is 6.10 Å². The first kappa shape index (κ1) is 13.3. The lowest BCUT2D eigenvalue weighted by molar-refractivity contribution is 0.136. The van der Waals surface area contributed by atoms with Crippen LogP contribution in [0.2, 0.25) is 0 Å². The molecule has 0 saturated carbocycles. The monoisotopic (exact) mass is 249 g/mol. The predicted molar refractivity (Wildman–Crippen MR) is 73.7 cm³/mol. The van der Waals surface area contributed by atoms with Gasteiger partial charge in [-0.1, -0.05) is 0 Å². The van der Waals surface area contributed by atoms with E-state index < -0.39 is 0 Å². The Bertz CT molecular complexity index is 394. The molecule has 0 spiro atoms. The average molecular weight is 249 g/mol. The van der Waals surface area contributed by atoms with Crippen LogP contribution in [0, 0.1) is 5.92 Å². The molecule has 1 aliphatic heterocycles. The van der Waals surface area contributed by atoms with Gasteiger partial charge in [0.2, 0.25) is 0 Å². The van der Waals surface area contributed by atoms with Gasteiger partial charge in [-0.3, -0.25) is 0 Å². The number of hydrogen-bond acceptors (Lipinski definition) is 4. The van der Waals surface area contributed by atoms with Crippen LogP contribution in [-0.4, -0.2) is 36.3 Å². The Morgan fingerprint density at radius 3 is 2.89 bits per heavy atom. The first-order chi connectivity index (χ1) is 8.61. The Morgan fingerprint density at radius 1 is 1.50 bits per heavy atom. The average Bonchev–Trinajstić information content (AvgIpc) is 2.88. The van der Waals surface area contributed by atoms with Gasteiger partial charge in [-0.15, -0.1) is 0 Å². The van der Waals surface area contributed by atoms with Crippen molar-refractivity contribution in [1.29, 1.82) is 0 Å². The molecule has 0 bridgehead atoms. The number of hydrogen-bond donors (Lipinski definition) is 2. The Morgan fingerprint density at radius 2 is 2.28 bits per heavy atom. The first-order valence-corrected chi connectivity index (χ1v) is 6.68. The lowest BCUT2D eigenvalue weighted by Crippen LogP contribution is -2.25. The van der Waals surface area contributed by atoms with E-state index in [-0.39, 0.29) is 6.10 Å². The fraction of sp³-hybridized carbons (Fsp3) is 0.643. The molecule has 0 amide bonds. The van der Waals surface area contributed by atoms with Crippen molar-refractivity contribution in [3.05, 3.63) is 23.9 Å². The third-order valence-electron chi connectivity index (χ3n) is 3.93. The molecular weight excluding hydrogens is 226 g/mol. The zero-order valence-corrected chi connectivity index (χ0v) is 11.4. The normalized spacial score (nSPS) is 23.1. The standard InChI is InChI=1S/C14H23N3O/c1-10(15-3)12-4-6-16-14(8-12)17-7-5-13(9-17)11(2)18/h4,6,8,10-11,13,15,18H,5,7,9H2,1-3H3. The van der Waals surface area contributed by atoms with Crippen LogP contribution in [0.5, 0.6) is 0 Å². The fourth-order valence-corrected chi connectivity index (χ4v) is 2.43. The lowest BCUT2D eigenvalue weighted by Gasteiger charge is -2.20. The zero-order valence-electron chi connectivity index (χ0n) is 11.4. The van der Waals surface area contributed by atoms with Crippen LogP contribution in [0.3, 0.4) is 0 Å². The second-order valence-electron chi connectivity index (χ2n) is 5.19. The quantitative estimate of drug-likeness (QED) is 0.850. The highest BCUT2D eigenvalue weighted by Crippen LogP contribution is 2.25. The van der Waals surface area contributed by atoms with E-state index >= 15 is 0 Å². The molecule has 1 aromatic rings. The minimum Gasteiger partial charge on any atom is -0.393 e. The first-order valence-electron chi connectivity index (χ1n) is 6.68. The van der Waals surface area contributed by atoms with Gasteiger partial charge in [0.15, 0.2) is 0 Å². The predicted octanol–water partition coefficient (Wildman–Crippen LogP) is 1.57. The molecule has 100 valence electrons. The van der Waals surface area contributed by atoms with Gasteiger partial charge in [0.25, 0.3) is 0 Å². The van der Waals surface area contributed by atoms with Gasteiger partial charge < -0.3 is 15.3 Å². The maximum atomic E-state index is 9.64. The molecule has 1 aliphatic rings. The van der Waals surface area contributed by atoms with Crippen LogP contribution in [0.15, 0.2) is 18.3 Å². The van der Waals surface area contributed by atoms with Gasteiger partial charge in [0, 0.05) is 31.2 Å². The summed E-state index contributed by atoms with van der Waals surface area (Å²) >= 11 is 0. The van der Waals surface area contributed by atoms with Crippen molar-refractivity contribution in [3.63, 3.8) is 0 Å². The number of nitrogens with zero attached hydrogens (tertiary/aromatic N) is 2. The third kappa shape index (κ3) is 2.82. The molecule has 1 fully saturated rings. The number of anilines is 1. The van der Waals surface area contributed by atoms with Crippen molar-refractivity contribution in [2.24, 2.45) is 5.92 Å². The topological polar surface area (TPSA) is 48.4 Å². The molecule has 4 heteroatoms. The third-order valence-corrected chi connectivity index (χ3v) is 3.93. The summed E-state index contributed by atoms with van der Waals surface area (Å²) in [4.78, 5) is 6.72. The summed E-state index contributed by atoms with van der Waals surface area (Å²) in [6.45, 7) is 5.91. The van der Waals surface area contributed by atoms with Crippen LogP contribution in [-0.2, 0) is 0 Å². The summed E-state index contributed by atoms with van der Waals surface area (Å²) in [6.07, 6.45) is 2.69. The van der Waals surface area contributed by atoms with Gasteiger partial charge >= 0.3 is 0 Å². The van der Waals surface area contributed by atoms with Crippen LogP contribution < -0.4 is 10.2 Å². The van der Waals surface area contributed by atoms with E-state index in [4.69, 9.17) is 0 Å². The van der Waals surface area contributed by atoms with Gasteiger partial charge in [-0.05, 0) is 45.0 Å². The molecule has 3 unspecified atom stereocenters. The summed E-state index contributed by atoms with van der Waals surface area (Å²) in [5.41, 5.74) is 1.25. The molecule has 18 heavy (non-hydrogen) atoms. The van der Waals surface area contributed by atoms with Gasteiger partial charge in [-0.25, -0.2) is 4.98 Å². The summed E-state index contributed by atoms with van der Waals surface area (Å²) in [6, 6.07) is 4.53. The molecule has 1 saturated heterocycles. The number of aliphatic hydroxyl groups is 1. The molecular formula is C14H23N3O. The van der Waals surface area contributed by atoms with Gasteiger partial charge in [-0.2, -0.15) is 0 Å². The Labute approximate surface area is 109 Å². The van der Waals surface area contributed by atoms with Crippen molar-refractivity contribution in [2.75, 3.05) is 25.0 Å². The lowest BCUT2D eigenvalue weighted by atomic mass is 10.0. The number of nitrogens with one attached hydrogen (secondary N) is 1. The molecule has 0 aromatic carbocycles. The zero-order chi connectivity index (χ0) is 13.1. The number of aliphatic hydroxyl groups excluding tert-OH is 1. The van der Waals surface area contributed by atoms with E-state index in [1.54, 1.807) is 0 Å². The fourth-order valence-electron chi connectivity index (χ4n) is 2.43. The Hall–Kier alpha value is -1.13. The van der Waals surface area contributed by atoms with Crippen LogP contribution in [0.1, 0.15) is 31.9 Å². The maximum absolute atomic E-state index is 9.64. The van der Waals surface area contributed by atoms with Crippen LogP contribution >= 0.6 is 0 Å². The van der Waals surface area contributed by atoms with Crippen molar-refractivity contribution >= 4 is 5.82 Å². The number of pyridine rings is 1. The van der Waals surface area contributed by atoms with Crippen LogP contribution in [0.4, 0.5) is 5.82 Å². The molecule has 2 rings (SSSR count). The second-order valence-corrected chi connectivity index (χ2v) is 5.19. The smallest absolute Gasteiger partial charge is 0.128 e. The highest BCUT2D eigenvalue weighted by molar-refractivity contribution is 5.43. The molecule has 2 N–H and O–H groups in total. The molecule has 4 nitrogen and oxygen atoms in total. The van der Waals surface area contributed by atoms with E-state index in [0.717, 1.165) is 25.3 Å². The summed E-state index contributed by atoms with van der Waals surface area (Å²) < 4.78 is 0. The van der Waals surface area contributed by atoms with Crippen molar-refractivity contribution in [3.8, 4) is 0 Å². The van der Waals surface area contributed by atoms with E-state index in [1.165, 1.54) is 5.56 Å². The van der Waals surface area contributed by atoms with E-state index in [0.29, 0.717) is 12.0 Å². The highest BCUT2D eigenvalue weighted by atomic mass is 16.3. The molecule has 0 aliphatic carbocycles. The molecule has 1 aromatic heterocycles. The minimum atomic E-state index is -0.227. The molecule has 0 radical (unpaired) electrons. The highest BCUT2D eigenvalue weighted by Gasteiger charge is 2.26. The largest absolute Gasteiger partial charge is 0.393 e. The molecule has 3 atom stereocenters. The van der Waals surface area contributed by atoms with E-state index in [1.807, 2.05) is 26.2 Å². The summed E-state index contributed by atoms with van der Waals surface area (Å²) in [7, 11) is 1.96. The number of aromatic nitrogens is 1. The van der Waals surface area contributed by atoms with E-state index in [2.05, 4.69) is 28.2 Å². The summed E-state index contributed by atoms with van der Waals surface area (Å²) in [5.74, 6) is 1.40. The van der Waals surface area contributed by atoms with E-state index in [9.17, 15) is 5.11 Å². The van der Waals surface area contributed by atoms with Crippen molar-refractivity contribution in [1.82, 2.24) is 10.3 Å². The number of rotatable bonds is 4. The van der Waals surface area contributed by atoms with Crippen LogP contribution in [0.25, 0.3) is 0 Å². The Kier molecular flexibility index (Phi) is 4.19. The Balaban J connectivity index is 2.10. The van der Waals surface area contributed by atoms with Crippen molar-refractivity contribution < 1.29 is 5.11 Å².